The Kier molecular flexibility index (Phi) is 5.89. The molecule has 6 heteroatoms. The van der Waals surface area contributed by atoms with Gasteiger partial charge in [0.15, 0.2) is 11.5 Å². The molecule has 0 spiro atoms. The van der Waals surface area contributed by atoms with E-state index < -0.39 is 0 Å². The molecule has 0 heterocycles. The summed E-state index contributed by atoms with van der Waals surface area (Å²) in [6, 6.07) is 3.36. The third kappa shape index (κ3) is 4.63. The van der Waals surface area contributed by atoms with Crippen molar-refractivity contribution in [2.45, 2.75) is 6.92 Å². The fourth-order valence-corrected chi connectivity index (χ4v) is 1.57. The minimum Gasteiger partial charge on any atom is -0.493 e. The van der Waals surface area contributed by atoms with E-state index in [9.17, 15) is 4.79 Å². The van der Waals surface area contributed by atoms with E-state index in [0.29, 0.717) is 28.7 Å². The van der Waals surface area contributed by atoms with E-state index in [2.05, 4.69) is 17.1 Å². The van der Waals surface area contributed by atoms with Crippen LogP contribution in [-0.2, 0) is 4.79 Å². The maximum absolute atomic E-state index is 10.7. The number of halogens is 1. The van der Waals surface area contributed by atoms with Crippen LogP contribution >= 0.6 is 11.6 Å². The molecule has 0 aromatic heterocycles. The van der Waals surface area contributed by atoms with Crippen molar-refractivity contribution in [2.75, 3.05) is 13.7 Å². The monoisotopic (exact) mass is 282 g/mol. The van der Waals surface area contributed by atoms with Crippen molar-refractivity contribution < 1.29 is 14.3 Å². The zero-order valence-corrected chi connectivity index (χ0v) is 11.5. The Morgan fingerprint density at radius 3 is 2.89 bits per heavy atom. The number of hydrogen-bond donors (Lipinski definition) is 1. The fourth-order valence-electron chi connectivity index (χ4n) is 1.29. The number of carbonyl (C=O) groups excluding carboxylic acids is 1. The predicted octanol–water partition coefficient (Wildman–Crippen LogP) is 2.38. The number of methoxy groups -OCH3 is 1. The summed E-state index contributed by atoms with van der Waals surface area (Å²) in [5, 5.41) is 4.15. The van der Waals surface area contributed by atoms with Crippen LogP contribution in [0.4, 0.5) is 0 Å². The SMILES string of the molecule is C=CCOc1c(Cl)cc(/C=N/NC(C)=O)cc1OC. The van der Waals surface area contributed by atoms with E-state index in [-0.39, 0.29) is 5.91 Å². The van der Waals surface area contributed by atoms with Crippen LogP contribution in [0.1, 0.15) is 12.5 Å². The quantitative estimate of drug-likeness (QED) is 0.495. The third-order valence-electron chi connectivity index (χ3n) is 2.03. The van der Waals surface area contributed by atoms with Gasteiger partial charge < -0.3 is 9.47 Å². The lowest BCUT2D eigenvalue weighted by atomic mass is 10.2. The Hall–Kier alpha value is -2.01. The highest BCUT2D eigenvalue weighted by atomic mass is 35.5. The van der Waals surface area contributed by atoms with Crippen molar-refractivity contribution in [1.29, 1.82) is 0 Å². The molecule has 0 unspecified atom stereocenters. The van der Waals surface area contributed by atoms with Gasteiger partial charge in [0.2, 0.25) is 5.91 Å². The van der Waals surface area contributed by atoms with Crippen LogP contribution in [-0.4, -0.2) is 25.8 Å². The van der Waals surface area contributed by atoms with E-state index >= 15 is 0 Å². The first-order chi connectivity index (χ1) is 9.08. The topological polar surface area (TPSA) is 59.9 Å². The largest absolute Gasteiger partial charge is 0.493 e. The minimum absolute atomic E-state index is 0.250. The molecule has 5 nitrogen and oxygen atoms in total. The van der Waals surface area contributed by atoms with Gasteiger partial charge in [0.25, 0.3) is 0 Å². The molecule has 102 valence electrons. The second-order valence-corrected chi connectivity index (χ2v) is 3.97. The molecule has 0 radical (unpaired) electrons. The van der Waals surface area contributed by atoms with E-state index in [4.69, 9.17) is 21.1 Å². The average Bonchev–Trinajstić information content (AvgIpc) is 2.36. The van der Waals surface area contributed by atoms with Crippen LogP contribution in [0.25, 0.3) is 0 Å². The molecule has 0 saturated heterocycles. The zero-order chi connectivity index (χ0) is 14.3. The first-order valence-electron chi connectivity index (χ1n) is 5.49. The standard InChI is InChI=1S/C13H15ClN2O3/c1-4-5-19-13-11(14)6-10(7-12(13)18-3)8-15-16-9(2)17/h4,6-8H,1,5H2,2-3H3,(H,16,17)/b15-8+. The van der Waals surface area contributed by atoms with Gasteiger partial charge in [-0.1, -0.05) is 24.3 Å². The van der Waals surface area contributed by atoms with Gasteiger partial charge in [0.1, 0.15) is 6.61 Å². The highest BCUT2D eigenvalue weighted by molar-refractivity contribution is 6.32. The summed E-state index contributed by atoms with van der Waals surface area (Å²) in [5.74, 6) is 0.680. The Balaban J connectivity index is 2.98. The van der Waals surface area contributed by atoms with Crippen molar-refractivity contribution in [1.82, 2.24) is 5.43 Å². The summed E-state index contributed by atoms with van der Waals surface area (Å²) in [4.78, 5) is 10.7. The number of carbonyl (C=O) groups is 1. The zero-order valence-electron chi connectivity index (χ0n) is 10.8. The summed E-state index contributed by atoms with van der Waals surface area (Å²) < 4.78 is 10.6. The molecular weight excluding hydrogens is 268 g/mol. The van der Waals surface area contributed by atoms with E-state index in [1.807, 2.05) is 0 Å². The van der Waals surface area contributed by atoms with Crippen molar-refractivity contribution in [2.24, 2.45) is 5.10 Å². The maximum Gasteiger partial charge on any atom is 0.236 e. The summed E-state index contributed by atoms with van der Waals surface area (Å²) in [5.41, 5.74) is 2.98. The van der Waals surface area contributed by atoms with Crippen molar-refractivity contribution in [3.8, 4) is 11.5 Å². The van der Waals surface area contributed by atoms with Crippen LogP contribution in [0.15, 0.2) is 29.9 Å². The lowest BCUT2D eigenvalue weighted by Gasteiger charge is -2.11. The fraction of sp³-hybridized carbons (Fsp3) is 0.231. The molecule has 1 aromatic carbocycles. The van der Waals surface area contributed by atoms with Gasteiger partial charge in [-0.15, -0.1) is 0 Å². The smallest absolute Gasteiger partial charge is 0.236 e. The number of rotatable bonds is 6. The third-order valence-corrected chi connectivity index (χ3v) is 2.31. The Morgan fingerprint density at radius 1 is 1.58 bits per heavy atom. The van der Waals surface area contributed by atoms with Crippen molar-refractivity contribution >= 4 is 23.7 Å². The second kappa shape index (κ2) is 7.43. The molecule has 1 amide bonds. The highest BCUT2D eigenvalue weighted by Crippen LogP contribution is 2.35. The van der Waals surface area contributed by atoms with Crippen LogP contribution in [0.2, 0.25) is 5.02 Å². The summed E-state index contributed by atoms with van der Waals surface area (Å²) >= 11 is 6.10. The average molecular weight is 283 g/mol. The summed E-state index contributed by atoms with van der Waals surface area (Å²) in [6.45, 7) is 5.27. The number of ether oxygens (including phenoxy) is 2. The molecule has 0 aliphatic rings. The minimum atomic E-state index is -0.250. The van der Waals surface area contributed by atoms with Crippen molar-refractivity contribution in [3.63, 3.8) is 0 Å². The van der Waals surface area contributed by atoms with E-state index in [0.717, 1.165) is 0 Å². The lowest BCUT2D eigenvalue weighted by molar-refractivity contribution is -0.118. The highest BCUT2D eigenvalue weighted by Gasteiger charge is 2.10. The lowest BCUT2D eigenvalue weighted by Crippen LogP contribution is -2.12. The van der Waals surface area contributed by atoms with Crippen LogP contribution in [0.5, 0.6) is 11.5 Å². The molecule has 19 heavy (non-hydrogen) atoms. The van der Waals surface area contributed by atoms with Gasteiger partial charge in [-0.05, 0) is 17.7 Å². The number of hydrogen-bond acceptors (Lipinski definition) is 4. The van der Waals surface area contributed by atoms with Gasteiger partial charge in [0.05, 0.1) is 18.3 Å². The normalized spacial score (nSPS) is 10.3. The molecule has 0 fully saturated rings. The molecular formula is C13H15ClN2O3. The van der Waals surface area contributed by atoms with Gasteiger partial charge in [-0.25, -0.2) is 5.43 Å². The molecule has 0 bridgehead atoms. The molecule has 0 atom stereocenters. The number of amides is 1. The van der Waals surface area contributed by atoms with Crippen LogP contribution < -0.4 is 14.9 Å². The van der Waals surface area contributed by atoms with Gasteiger partial charge >= 0.3 is 0 Å². The Bertz CT molecular complexity index is 501. The van der Waals surface area contributed by atoms with Crippen molar-refractivity contribution in [3.05, 3.63) is 35.4 Å². The molecule has 0 aliphatic carbocycles. The first kappa shape index (κ1) is 15.0. The number of nitrogens with zero attached hydrogens (tertiary/aromatic N) is 1. The van der Waals surface area contributed by atoms with Crippen LogP contribution in [0, 0.1) is 0 Å². The van der Waals surface area contributed by atoms with E-state index in [1.54, 1.807) is 18.2 Å². The van der Waals surface area contributed by atoms with Crippen LogP contribution in [0.3, 0.4) is 0 Å². The number of benzene rings is 1. The molecule has 1 N–H and O–H groups in total. The predicted molar refractivity (Wildman–Crippen MR) is 75.1 cm³/mol. The summed E-state index contributed by atoms with van der Waals surface area (Å²) in [6.07, 6.45) is 3.08. The molecule has 0 aliphatic heterocycles. The summed E-state index contributed by atoms with van der Waals surface area (Å²) in [7, 11) is 1.52. The van der Waals surface area contributed by atoms with Gasteiger partial charge in [0, 0.05) is 6.92 Å². The first-order valence-corrected chi connectivity index (χ1v) is 5.87. The van der Waals surface area contributed by atoms with E-state index in [1.165, 1.54) is 20.2 Å². The molecule has 0 saturated carbocycles. The molecule has 1 rings (SSSR count). The Morgan fingerprint density at radius 2 is 2.32 bits per heavy atom. The second-order valence-electron chi connectivity index (χ2n) is 3.56. The molecule has 1 aromatic rings. The maximum atomic E-state index is 10.7. The van der Waals surface area contributed by atoms with Gasteiger partial charge in [-0.2, -0.15) is 5.10 Å². The Labute approximate surface area is 116 Å². The van der Waals surface area contributed by atoms with Gasteiger partial charge in [-0.3, -0.25) is 4.79 Å². The number of hydrazone groups is 1. The number of nitrogens with one attached hydrogen (secondary N) is 1.